The van der Waals surface area contributed by atoms with E-state index in [4.69, 9.17) is 4.42 Å². The van der Waals surface area contributed by atoms with Crippen molar-refractivity contribution in [2.24, 2.45) is 4.99 Å². The lowest BCUT2D eigenvalue weighted by atomic mass is 10.0. The lowest BCUT2D eigenvalue weighted by molar-refractivity contribution is 0.471. The highest BCUT2D eigenvalue weighted by atomic mass is 79.9. The number of aromatic nitrogens is 1. The maximum atomic E-state index is 10.5. The summed E-state index contributed by atoms with van der Waals surface area (Å²) < 4.78 is 6.61. The lowest BCUT2D eigenvalue weighted by Crippen LogP contribution is -1.92. The second-order valence-electron chi connectivity index (χ2n) is 8.41. The van der Waals surface area contributed by atoms with Gasteiger partial charge in [-0.2, -0.15) is 0 Å². The van der Waals surface area contributed by atoms with Crippen LogP contribution in [0, 0.1) is 13.8 Å². The molecule has 0 amide bonds. The van der Waals surface area contributed by atoms with E-state index >= 15 is 0 Å². The van der Waals surface area contributed by atoms with E-state index in [0.29, 0.717) is 21.5 Å². The first kappa shape index (κ1) is 22.1. The number of benzene rings is 4. The lowest BCUT2D eigenvalue weighted by Gasteiger charge is -2.07. The molecule has 0 aliphatic heterocycles. The Kier molecular flexibility index (Phi) is 6.03. The van der Waals surface area contributed by atoms with Crippen LogP contribution in [0.25, 0.3) is 22.6 Å². The number of fused-ring (bicyclic) bond motifs is 1. The molecule has 34 heavy (non-hydrogen) atoms. The van der Waals surface area contributed by atoms with E-state index < -0.39 is 0 Å². The van der Waals surface area contributed by atoms with Crippen LogP contribution < -0.4 is 0 Å². The molecule has 1 heterocycles. The standard InChI is InChI=1S/C29H23BrN2O2/c1-18-8-9-22(12-19(18)2)29-32-26-16-24(10-11-27(26)34-29)31-17-23-14-21(15-25(30)28(23)33)13-20-6-4-3-5-7-20/h3-12,14-17,33H,13H2,1-2H3. The minimum atomic E-state index is 0.167. The molecule has 0 spiro atoms. The van der Waals surface area contributed by atoms with Gasteiger partial charge in [-0.1, -0.05) is 36.4 Å². The summed E-state index contributed by atoms with van der Waals surface area (Å²) in [6, 6.07) is 26.0. The van der Waals surface area contributed by atoms with Crippen molar-refractivity contribution in [2.75, 3.05) is 0 Å². The molecule has 4 nitrogen and oxygen atoms in total. The van der Waals surface area contributed by atoms with Crippen molar-refractivity contribution in [1.82, 2.24) is 4.98 Å². The van der Waals surface area contributed by atoms with Crippen LogP contribution in [0.3, 0.4) is 0 Å². The van der Waals surface area contributed by atoms with Gasteiger partial charge >= 0.3 is 0 Å². The van der Waals surface area contributed by atoms with Gasteiger partial charge in [-0.15, -0.1) is 0 Å². The van der Waals surface area contributed by atoms with Gasteiger partial charge < -0.3 is 9.52 Å². The number of aryl methyl sites for hydroxylation is 2. The zero-order chi connectivity index (χ0) is 23.7. The quantitative estimate of drug-likeness (QED) is 0.244. The number of phenols is 1. The summed E-state index contributed by atoms with van der Waals surface area (Å²) in [5.74, 6) is 0.759. The normalized spacial score (nSPS) is 11.5. The van der Waals surface area contributed by atoms with Crippen molar-refractivity contribution in [1.29, 1.82) is 0 Å². The summed E-state index contributed by atoms with van der Waals surface area (Å²) in [5, 5.41) is 10.5. The van der Waals surface area contributed by atoms with Crippen molar-refractivity contribution < 1.29 is 9.52 Å². The Bertz CT molecular complexity index is 1520. The van der Waals surface area contributed by atoms with Crippen LogP contribution >= 0.6 is 15.9 Å². The minimum Gasteiger partial charge on any atom is -0.506 e. The number of aliphatic imine (C=N–C) groups is 1. The summed E-state index contributed by atoms with van der Waals surface area (Å²) in [5.41, 5.74) is 8.52. The SMILES string of the molecule is Cc1ccc(-c2nc3cc(N=Cc4cc(Cc5ccccc5)cc(Br)c4O)ccc3o2)cc1C. The number of hydrogen-bond donors (Lipinski definition) is 1. The summed E-state index contributed by atoms with van der Waals surface area (Å²) >= 11 is 3.47. The van der Waals surface area contributed by atoms with E-state index in [2.05, 4.69) is 64.0 Å². The number of phenolic OH excluding ortho intramolecular Hbond substituents is 1. The Morgan fingerprint density at radius 1 is 0.912 bits per heavy atom. The number of oxazole rings is 1. The van der Waals surface area contributed by atoms with Gasteiger partial charge in [-0.25, -0.2) is 4.98 Å². The number of nitrogens with zero attached hydrogens (tertiary/aromatic N) is 2. The highest BCUT2D eigenvalue weighted by Crippen LogP contribution is 2.31. The first-order valence-electron chi connectivity index (χ1n) is 11.0. The molecule has 0 bridgehead atoms. The van der Waals surface area contributed by atoms with Gasteiger partial charge in [0.2, 0.25) is 5.89 Å². The van der Waals surface area contributed by atoms with Crippen LogP contribution in [0.4, 0.5) is 5.69 Å². The molecule has 0 radical (unpaired) electrons. The number of rotatable bonds is 5. The van der Waals surface area contributed by atoms with Crippen LogP contribution in [0.1, 0.15) is 27.8 Å². The Morgan fingerprint density at radius 2 is 1.74 bits per heavy atom. The Balaban J connectivity index is 1.43. The van der Waals surface area contributed by atoms with Crippen LogP contribution in [-0.4, -0.2) is 16.3 Å². The van der Waals surface area contributed by atoms with E-state index in [1.165, 1.54) is 16.7 Å². The fourth-order valence-corrected chi connectivity index (χ4v) is 4.37. The highest BCUT2D eigenvalue weighted by Gasteiger charge is 2.11. The maximum Gasteiger partial charge on any atom is 0.227 e. The Morgan fingerprint density at radius 3 is 2.53 bits per heavy atom. The van der Waals surface area contributed by atoms with E-state index in [1.807, 2.05) is 54.6 Å². The molecule has 1 aromatic heterocycles. The molecular weight excluding hydrogens is 488 g/mol. The first-order valence-corrected chi connectivity index (χ1v) is 11.8. The van der Waals surface area contributed by atoms with Crippen LogP contribution in [0.2, 0.25) is 0 Å². The minimum absolute atomic E-state index is 0.167. The third-order valence-corrected chi connectivity index (χ3v) is 6.49. The molecule has 5 rings (SSSR count). The Labute approximate surface area is 206 Å². The van der Waals surface area contributed by atoms with Crippen LogP contribution in [-0.2, 0) is 6.42 Å². The van der Waals surface area contributed by atoms with E-state index in [1.54, 1.807) is 6.21 Å². The van der Waals surface area contributed by atoms with Gasteiger partial charge in [0.25, 0.3) is 0 Å². The first-order chi connectivity index (χ1) is 16.5. The van der Waals surface area contributed by atoms with Gasteiger partial charge in [0.05, 0.1) is 10.2 Å². The summed E-state index contributed by atoms with van der Waals surface area (Å²) in [6.07, 6.45) is 2.45. The molecule has 0 aliphatic rings. The zero-order valence-electron chi connectivity index (χ0n) is 18.9. The predicted octanol–water partition coefficient (Wildman–Crippen LogP) is 7.92. The third-order valence-electron chi connectivity index (χ3n) is 5.88. The fraction of sp³-hybridized carbons (Fsp3) is 0.103. The molecule has 0 saturated heterocycles. The third kappa shape index (κ3) is 4.66. The van der Waals surface area contributed by atoms with Crippen molar-refractivity contribution in [3.63, 3.8) is 0 Å². The van der Waals surface area contributed by atoms with Gasteiger partial charge in [0.15, 0.2) is 5.58 Å². The van der Waals surface area contributed by atoms with Crippen LogP contribution in [0.15, 0.2) is 92.7 Å². The molecule has 0 fully saturated rings. The summed E-state index contributed by atoms with van der Waals surface area (Å²) in [4.78, 5) is 9.26. The van der Waals surface area contributed by atoms with Gasteiger partial charge in [0, 0.05) is 17.3 Å². The van der Waals surface area contributed by atoms with Crippen LogP contribution in [0.5, 0.6) is 5.75 Å². The molecule has 168 valence electrons. The smallest absolute Gasteiger partial charge is 0.227 e. The molecule has 1 N–H and O–H groups in total. The van der Waals surface area contributed by atoms with Gasteiger partial charge in [-0.3, -0.25) is 4.99 Å². The molecule has 0 atom stereocenters. The maximum absolute atomic E-state index is 10.5. The largest absolute Gasteiger partial charge is 0.506 e. The van der Waals surface area contributed by atoms with Crippen molar-refractivity contribution in [2.45, 2.75) is 20.3 Å². The second-order valence-corrected chi connectivity index (χ2v) is 9.26. The van der Waals surface area contributed by atoms with E-state index in [-0.39, 0.29) is 5.75 Å². The molecule has 4 aromatic carbocycles. The molecule has 0 aliphatic carbocycles. The monoisotopic (exact) mass is 510 g/mol. The number of aromatic hydroxyl groups is 1. The molecular formula is C29H23BrN2O2. The number of halogens is 1. The average Bonchev–Trinajstić information content (AvgIpc) is 3.26. The van der Waals surface area contributed by atoms with Crippen molar-refractivity contribution in [3.05, 3.63) is 111 Å². The molecule has 5 heteroatoms. The predicted molar refractivity (Wildman–Crippen MR) is 141 cm³/mol. The van der Waals surface area contributed by atoms with Crippen molar-refractivity contribution >= 4 is 38.9 Å². The van der Waals surface area contributed by atoms with Crippen molar-refractivity contribution in [3.8, 4) is 17.2 Å². The fourth-order valence-electron chi connectivity index (χ4n) is 3.85. The number of hydrogen-bond acceptors (Lipinski definition) is 4. The Hall–Kier alpha value is -3.70. The second kappa shape index (κ2) is 9.27. The summed E-state index contributed by atoms with van der Waals surface area (Å²) in [6.45, 7) is 4.17. The summed E-state index contributed by atoms with van der Waals surface area (Å²) in [7, 11) is 0. The highest BCUT2D eigenvalue weighted by molar-refractivity contribution is 9.10. The average molecular weight is 511 g/mol. The molecule has 0 saturated carbocycles. The van der Waals surface area contributed by atoms with Gasteiger partial charge in [0.1, 0.15) is 11.3 Å². The topological polar surface area (TPSA) is 58.6 Å². The van der Waals surface area contributed by atoms with E-state index in [9.17, 15) is 5.11 Å². The molecule has 0 unspecified atom stereocenters. The molecule has 5 aromatic rings. The van der Waals surface area contributed by atoms with Gasteiger partial charge in [-0.05, 0) is 101 Å². The zero-order valence-corrected chi connectivity index (χ0v) is 20.5. The van der Waals surface area contributed by atoms with E-state index in [0.717, 1.165) is 28.8 Å².